The fourth-order valence-corrected chi connectivity index (χ4v) is 3.52. The van der Waals surface area contributed by atoms with Gasteiger partial charge in [0.25, 0.3) is 0 Å². The van der Waals surface area contributed by atoms with Crippen LogP contribution in [0.15, 0.2) is 78.0 Å². The third-order valence-corrected chi connectivity index (χ3v) is 4.40. The Morgan fingerprint density at radius 3 is 2.75 bits per heavy atom. The zero-order valence-corrected chi connectivity index (χ0v) is 10.7. The Kier molecular flexibility index (Phi) is 1.83. The minimum Gasteiger partial charge on any atom is -0.469 e. The van der Waals surface area contributed by atoms with Crippen molar-refractivity contribution in [2.24, 2.45) is 11.8 Å². The van der Waals surface area contributed by atoms with Gasteiger partial charge >= 0.3 is 0 Å². The summed E-state index contributed by atoms with van der Waals surface area (Å²) in [6, 6.07) is 8.24. The highest BCUT2D eigenvalue weighted by Gasteiger charge is 2.43. The third-order valence-electron chi connectivity index (χ3n) is 4.40. The molecule has 0 amide bonds. The second-order valence-corrected chi connectivity index (χ2v) is 5.40. The molecule has 0 N–H and O–H groups in total. The largest absolute Gasteiger partial charge is 0.469 e. The second kappa shape index (κ2) is 3.54. The lowest BCUT2D eigenvalue weighted by Gasteiger charge is -2.41. The predicted octanol–water partition coefficient (Wildman–Crippen LogP) is 3.96. The molecule has 5 rings (SSSR count). The Balaban J connectivity index is 1.81. The zero-order valence-electron chi connectivity index (χ0n) is 10.7. The summed E-state index contributed by atoms with van der Waals surface area (Å²) in [5.74, 6) is 3.49. The summed E-state index contributed by atoms with van der Waals surface area (Å²) < 4.78 is 11.8. The van der Waals surface area contributed by atoms with Crippen LogP contribution in [0.5, 0.6) is 5.75 Å². The third kappa shape index (κ3) is 1.19. The van der Waals surface area contributed by atoms with Crippen LogP contribution in [-0.4, -0.2) is 0 Å². The molecule has 2 heterocycles. The van der Waals surface area contributed by atoms with Crippen molar-refractivity contribution in [2.75, 3.05) is 0 Å². The number of hydrogen-bond acceptors (Lipinski definition) is 2. The minimum atomic E-state index is 0.245. The Hall–Kier alpha value is -2.48. The highest BCUT2D eigenvalue weighted by Crippen LogP contribution is 2.53. The van der Waals surface area contributed by atoms with E-state index in [1.165, 1.54) is 16.7 Å². The van der Waals surface area contributed by atoms with E-state index in [4.69, 9.17) is 9.47 Å². The molecule has 2 unspecified atom stereocenters. The number of allylic oxidation sites excluding steroid dienone is 7. The molecule has 2 atom stereocenters. The number of rotatable bonds is 0. The summed E-state index contributed by atoms with van der Waals surface area (Å²) in [6.45, 7) is 0. The van der Waals surface area contributed by atoms with Crippen LogP contribution in [0.3, 0.4) is 0 Å². The molecule has 4 aliphatic rings. The number of fused-ring (bicyclic) bond motifs is 2. The molecular formula is C18H12O2. The zero-order chi connectivity index (χ0) is 13.1. The molecule has 2 heteroatoms. The standard InChI is InChI=1S/C18H12O2/c1-2-4-14-12(3-1)13-6-5-11-9-10-19-15-7-8-16(20-14)18(13)17(11)15/h1-10,17-18H. The van der Waals surface area contributed by atoms with Gasteiger partial charge in [-0.3, -0.25) is 0 Å². The summed E-state index contributed by atoms with van der Waals surface area (Å²) in [7, 11) is 0. The van der Waals surface area contributed by atoms with Crippen molar-refractivity contribution in [3.8, 4) is 5.75 Å². The van der Waals surface area contributed by atoms with Gasteiger partial charge in [0.05, 0.1) is 18.1 Å². The van der Waals surface area contributed by atoms with E-state index in [0.29, 0.717) is 0 Å². The van der Waals surface area contributed by atoms with Gasteiger partial charge in [-0.2, -0.15) is 0 Å². The lowest BCUT2D eigenvalue weighted by molar-refractivity contribution is 0.241. The van der Waals surface area contributed by atoms with Crippen LogP contribution in [0.25, 0.3) is 5.57 Å². The van der Waals surface area contributed by atoms with Crippen molar-refractivity contribution in [3.63, 3.8) is 0 Å². The van der Waals surface area contributed by atoms with Crippen LogP contribution >= 0.6 is 0 Å². The Bertz CT molecular complexity index is 774. The van der Waals surface area contributed by atoms with Crippen LogP contribution in [0.1, 0.15) is 5.56 Å². The van der Waals surface area contributed by atoms with E-state index in [-0.39, 0.29) is 11.8 Å². The van der Waals surface area contributed by atoms with Crippen molar-refractivity contribution < 1.29 is 9.47 Å². The van der Waals surface area contributed by atoms with Crippen LogP contribution in [0.4, 0.5) is 0 Å². The highest BCUT2D eigenvalue weighted by molar-refractivity contribution is 5.80. The summed E-state index contributed by atoms with van der Waals surface area (Å²) in [6.07, 6.45) is 12.3. The van der Waals surface area contributed by atoms with Crippen LogP contribution in [0.2, 0.25) is 0 Å². The van der Waals surface area contributed by atoms with Gasteiger partial charge in [-0.15, -0.1) is 0 Å². The number of para-hydroxylation sites is 1. The second-order valence-electron chi connectivity index (χ2n) is 5.40. The van der Waals surface area contributed by atoms with Crippen molar-refractivity contribution in [3.05, 3.63) is 83.6 Å². The van der Waals surface area contributed by atoms with Crippen LogP contribution in [0, 0.1) is 11.8 Å². The van der Waals surface area contributed by atoms with Gasteiger partial charge in [0.1, 0.15) is 17.3 Å². The van der Waals surface area contributed by atoms with Gasteiger partial charge < -0.3 is 9.47 Å². The quantitative estimate of drug-likeness (QED) is 0.703. The summed E-state index contributed by atoms with van der Waals surface area (Å²) >= 11 is 0. The normalized spacial score (nSPS) is 27.8. The van der Waals surface area contributed by atoms with E-state index in [2.05, 4.69) is 30.4 Å². The first kappa shape index (κ1) is 10.3. The van der Waals surface area contributed by atoms with Gasteiger partial charge in [-0.1, -0.05) is 30.4 Å². The molecule has 0 aromatic heterocycles. The molecule has 0 saturated heterocycles. The molecule has 20 heavy (non-hydrogen) atoms. The van der Waals surface area contributed by atoms with E-state index >= 15 is 0 Å². The average molecular weight is 260 g/mol. The summed E-state index contributed by atoms with van der Waals surface area (Å²) in [5, 5.41) is 0. The van der Waals surface area contributed by atoms with E-state index in [0.717, 1.165) is 17.3 Å². The molecule has 0 bridgehead atoms. The molecule has 2 aliphatic carbocycles. The lowest BCUT2D eigenvalue weighted by Crippen LogP contribution is -2.32. The first-order chi connectivity index (χ1) is 9.92. The van der Waals surface area contributed by atoms with Gasteiger partial charge in [0.2, 0.25) is 0 Å². The Morgan fingerprint density at radius 2 is 1.75 bits per heavy atom. The molecule has 0 spiro atoms. The first-order valence-corrected chi connectivity index (χ1v) is 6.86. The maximum atomic E-state index is 6.11. The van der Waals surface area contributed by atoms with Crippen molar-refractivity contribution in [1.29, 1.82) is 0 Å². The first-order valence-electron chi connectivity index (χ1n) is 6.86. The van der Waals surface area contributed by atoms with Gasteiger partial charge in [-0.05, 0) is 35.4 Å². The lowest BCUT2D eigenvalue weighted by atomic mass is 9.69. The summed E-state index contributed by atoms with van der Waals surface area (Å²) in [4.78, 5) is 0. The maximum absolute atomic E-state index is 6.11. The van der Waals surface area contributed by atoms with Crippen molar-refractivity contribution in [2.45, 2.75) is 0 Å². The average Bonchev–Trinajstić information content (AvgIpc) is 2.52. The topological polar surface area (TPSA) is 18.5 Å². The molecule has 1 aromatic carbocycles. The molecular weight excluding hydrogens is 248 g/mol. The molecule has 1 aromatic rings. The molecule has 0 radical (unpaired) electrons. The van der Waals surface area contributed by atoms with Gasteiger partial charge in [0.15, 0.2) is 0 Å². The number of ether oxygens (including phenoxy) is 2. The van der Waals surface area contributed by atoms with Crippen LogP contribution < -0.4 is 4.74 Å². The fourth-order valence-electron chi connectivity index (χ4n) is 3.52. The molecule has 0 fully saturated rings. The minimum absolute atomic E-state index is 0.245. The summed E-state index contributed by atoms with van der Waals surface area (Å²) in [5.41, 5.74) is 3.82. The monoisotopic (exact) mass is 260 g/mol. The maximum Gasteiger partial charge on any atom is 0.134 e. The number of benzene rings is 1. The molecule has 2 aliphatic heterocycles. The fraction of sp³-hybridized carbons (Fsp3) is 0.111. The smallest absolute Gasteiger partial charge is 0.134 e. The number of hydrogen-bond donors (Lipinski definition) is 0. The Labute approximate surface area is 117 Å². The molecule has 96 valence electrons. The Morgan fingerprint density at radius 1 is 0.850 bits per heavy atom. The van der Waals surface area contributed by atoms with Crippen LogP contribution in [-0.2, 0) is 4.74 Å². The molecule has 0 saturated carbocycles. The van der Waals surface area contributed by atoms with E-state index in [1.54, 1.807) is 6.26 Å². The van der Waals surface area contributed by atoms with Gasteiger partial charge in [-0.25, -0.2) is 0 Å². The molecule has 2 nitrogen and oxygen atoms in total. The SMILES string of the molecule is C1=CC2=CC=C3c4ccccc4OC4=CC=C(O1)C2C43. The van der Waals surface area contributed by atoms with E-state index in [9.17, 15) is 0 Å². The van der Waals surface area contributed by atoms with E-state index in [1.807, 2.05) is 24.3 Å². The van der Waals surface area contributed by atoms with E-state index < -0.39 is 0 Å². The van der Waals surface area contributed by atoms with Crippen molar-refractivity contribution in [1.82, 2.24) is 0 Å². The van der Waals surface area contributed by atoms with Gasteiger partial charge in [0, 0.05) is 5.56 Å². The highest BCUT2D eigenvalue weighted by atomic mass is 16.5. The van der Waals surface area contributed by atoms with Crippen molar-refractivity contribution >= 4 is 5.57 Å². The predicted molar refractivity (Wildman–Crippen MR) is 76.5 cm³/mol.